The molecule has 0 saturated carbocycles. The molecule has 1 atom stereocenters. The van der Waals surface area contributed by atoms with Crippen LogP contribution in [0.5, 0.6) is 0 Å². The number of nitrogens with one attached hydrogen (secondary N) is 1. The molecule has 1 aromatic heterocycles. The van der Waals surface area contributed by atoms with Gasteiger partial charge in [0.15, 0.2) is 11.3 Å². The van der Waals surface area contributed by atoms with Gasteiger partial charge >= 0.3 is 5.97 Å². The van der Waals surface area contributed by atoms with Gasteiger partial charge in [0.05, 0.1) is 11.3 Å². The van der Waals surface area contributed by atoms with Gasteiger partial charge in [-0.3, -0.25) is 4.79 Å². The number of carbonyl (C=O) groups excluding carboxylic acids is 2. The molecule has 120 valence electrons. The summed E-state index contributed by atoms with van der Waals surface area (Å²) in [5.41, 5.74) is 2.66. The molecule has 1 unspecified atom stereocenters. The van der Waals surface area contributed by atoms with E-state index in [2.05, 4.69) is 10.3 Å². The van der Waals surface area contributed by atoms with Crippen molar-refractivity contribution in [2.75, 3.05) is 5.32 Å². The number of rotatable bonds is 4. The maximum absolute atomic E-state index is 12.2. The van der Waals surface area contributed by atoms with Crippen LogP contribution in [0.25, 0.3) is 0 Å². The first-order valence-corrected chi connectivity index (χ1v) is 7.46. The Balaban J connectivity index is 2.03. The summed E-state index contributed by atoms with van der Waals surface area (Å²) in [5, 5.41) is 2.75. The number of halogens is 1. The minimum absolute atomic E-state index is 0.175. The molecule has 6 heteroatoms. The van der Waals surface area contributed by atoms with E-state index in [1.807, 2.05) is 26.0 Å². The fourth-order valence-corrected chi connectivity index (χ4v) is 2.20. The summed E-state index contributed by atoms with van der Waals surface area (Å²) in [5.74, 6) is -1.01. The van der Waals surface area contributed by atoms with Gasteiger partial charge in [-0.15, -0.1) is 0 Å². The standard InChI is InChI=1S/C17H17ClN2O3/c1-10-6-7-13(11(2)9-10)17(22)23-12(3)16(21)20-14-5-4-8-19-15(14)18/h4-9,12H,1-3H3,(H,20,21). The second-order valence-corrected chi connectivity index (χ2v) is 5.55. The first kappa shape index (κ1) is 17.0. The minimum atomic E-state index is -0.959. The Kier molecular flexibility index (Phi) is 5.34. The Hall–Kier alpha value is -2.40. The summed E-state index contributed by atoms with van der Waals surface area (Å²) in [6, 6.07) is 8.66. The summed E-state index contributed by atoms with van der Waals surface area (Å²) in [7, 11) is 0. The van der Waals surface area contributed by atoms with Crippen molar-refractivity contribution in [3.63, 3.8) is 0 Å². The molecule has 2 rings (SSSR count). The lowest BCUT2D eigenvalue weighted by Crippen LogP contribution is -2.30. The van der Waals surface area contributed by atoms with Crippen LogP contribution in [-0.4, -0.2) is 23.0 Å². The van der Waals surface area contributed by atoms with Gasteiger partial charge < -0.3 is 10.1 Å². The Morgan fingerprint density at radius 1 is 1.26 bits per heavy atom. The zero-order valence-corrected chi connectivity index (χ0v) is 13.8. The average Bonchev–Trinajstić information content (AvgIpc) is 2.49. The quantitative estimate of drug-likeness (QED) is 0.687. The second-order valence-electron chi connectivity index (χ2n) is 5.20. The fraction of sp³-hybridized carbons (Fsp3) is 0.235. The lowest BCUT2D eigenvalue weighted by atomic mass is 10.1. The molecule has 1 N–H and O–H groups in total. The first-order valence-electron chi connectivity index (χ1n) is 7.08. The van der Waals surface area contributed by atoms with E-state index in [1.54, 1.807) is 18.2 Å². The average molecular weight is 333 g/mol. The van der Waals surface area contributed by atoms with Gasteiger partial charge in [-0.2, -0.15) is 0 Å². The van der Waals surface area contributed by atoms with E-state index in [0.29, 0.717) is 11.3 Å². The predicted octanol–water partition coefficient (Wildman–Crippen LogP) is 3.54. The molecular weight excluding hydrogens is 316 g/mol. The number of aromatic nitrogens is 1. The van der Waals surface area contributed by atoms with Crippen LogP contribution in [0.4, 0.5) is 5.69 Å². The lowest BCUT2D eigenvalue weighted by Gasteiger charge is -2.15. The third kappa shape index (κ3) is 4.29. The van der Waals surface area contributed by atoms with Gasteiger partial charge in [-0.05, 0) is 44.5 Å². The number of pyridine rings is 1. The third-order valence-corrected chi connectivity index (χ3v) is 3.57. The second kappa shape index (κ2) is 7.24. The SMILES string of the molecule is Cc1ccc(C(=O)OC(C)C(=O)Nc2cccnc2Cl)c(C)c1. The molecule has 0 fully saturated rings. The molecule has 0 saturated heterocycles. The van der Waals surface area contributed by atoms with Crippen molar-refractivity contribution in [2.45, 2.75) is 26.9 Å². The number of anilines is 1. The summed E-state index contributed by atoms with van der Waals surface area (Å²) in [6.45, 7) is 5.26. The molecule has 0 aliphatic heterocycles. The van der Waals surface area contributed by atoms with Gasteiger partial charge in [0, 0.05) is 6.20 Å². The first-order chi connectivity index (χ1) is 10.9. The molecule has 0 aliphatic carbocycles. The summed E-state index contributed by atoms with van der Waals surface area (Å²) in [6.07, 6.45) is 0.557. The molecule has 23 heavy (non-hydrogen) atoms. The van der Waals surface area contributed by atoms with E-state index in [4.69, 9.17) is 16.3 Å². The van der Waals surface area contributed by atoms with Crippen molar-refractivity contribution in [1.82, 2.24) is 4.98 Å². The van der Waals surface area contributed by atoms with Crippen LogP contribution < -0.4 is 5.32 Å². The lowest BCUT2D eigenvalue weighted by molar-refractivity contribution is -0.123. The van der Waals surface area contributed by atoms with Crippen molar-refractivity contribution in [3.8, 4) is 0 Å². The molecule has 5 nitrogen and oxygen atoms in total. The fourth-order valence-electron chi connectivity index (χ4n) is 2.03. The maximum Gasteiger partial charge on any atom is 0.339 e. The van der Waals surface area contributed by atoms with E-state index in [1.165, 1.54) is 13.1 Å². The molecule has 2 aromatic rings. The smallest absolute Gasteiger partial charge is 0.339 e. The Morgan fingerprint density at radius 3 is 2.65 bits per heavy atom. The van der Waals surface area contributed by atoms with Crippen molar-refractivity contribution in [2.24, 2.45) is 0 Å². The van der Waals surface area contributed by atoms with Gasteiger partial charge in [0.1, 0.15) is 0 Å². The zero-order valence-electron chi connectivity index (χ0n) is 13.1. The Bertz CT molecular complexity index is 746. The van der Waals surface area contributed by atoms with Crippen molar-refractivity contribution >= 4 is 29.2 Å². The highest BCUT2D eigenvalue weighted by molar-refractivity contribution is 6.32. The van der Waals surface area contributed by atoms with E-state index in [9.17, 15) is 9.59 Å². The van der Waals surface area contributed by atoms with Gasteiger partial charge in [0.25, 0.3) is 5.91 Å². The van der Waals surface area contributed by atoms with Gasteiger partial charge in [-0.1, -0.05) is 29.3 Å². The van der Waals surface area contributed by atoms with Crippen LogP contribution in [0, 0.1) is 13.8 Å². The van der Waals surface area contributed by atoms with Crippen molar-refractivity contribution < 1.29 is 14.3 Å². The predicted molar refractivity (Wildman–Crippen MR) is 88.7 cm³/mol. The Morgan fingerprint density at radius 2 is 2.00 bits per heavy atom. The third-order valence-electron chi connectivity index (χ3n) is 3.27. The number of esters is 1. The molecular formula is C17H17ClN2O3. The van der Waals surface area contributed by atoms with E-state index >= 15 is 0 Å². The zero-order chi connectivity index (χ0) is 17.0. The largest absolute Gasteiger partial charge is 0.449 e. The molecule has 1 aromatic carbocycles. The normalized spacial score (nSPS) is 11.7. The number of carbonyl (C=O) groups is 2. The van der Waals surface area contributed by atoms with Crippen LogP contribution in [0.1, 0.15) is 28.4 Å². The number of benzene rings is 1. The molecule has 1 heterocycles. The highest BCUT2D eigenvalue weighted by Gasteiger charge is 2.20. The summed E-state index contributed by atoms with van der Waals surface area (Å²) in [4.78, 5) is 28.1. The summed E-state index contributed by atoms with van der Waals surface area (Å²) < 4.78 is 5.22. The summed E-state index contributed by atoms with van der Waals surface area (Å²) >= 11 is 5.88. The highest BCUT2D eigenvalue weighted by atomic mass is 35.5. The number of amides is 1. The number of hydrogen-bond donors (Lipinski definition) is 1. The van der Waals surface area contributed by atoms with Gasteiger partial charge in [0.2, 0.25) is 0 Å². The topological polar surface area (TPSA) is 68.3 Å². The van der Waals surface area contributed by atoms with Crippen LogP contribution in [0.2, 0.25) is 5.15 Å². The number of hydrogen-bond acceptors (Lipinski definition) is 4. The maximum atomic E-state index is 12.2. The molecule has 1 amide bonds. The monoisotopic (exact) mass is 332 g/mol. The Labute approximate surface area is 139 Å². The number of nitrogens with zero attached hydrogens (tertiary/aromatic N) is 1. The molecule has 0 bridgehead atoms. The molecule has 0 spiro atoms. The van der Waals surface area contributed by atoms with Gasteiger partial charge in [-0.25, -0.2) is 9.78 Å². The number of aryl methyl sites for hydroxylation is 2. The van der Waals surface area contributed by atoms with Crippen LogP contribution in [-0.2, 0) is 9.53 Å². The minimum Gasteiger partial charge on any atom is -0.449 e. The molecule has 0 radical (unpaired) electrons. The number of ether oxygens (including phenoxy) is 1. The van der Waals surface area contributed by atoms with E-state index in [-0.39, 0.29) is 5.15 Å². The van der Waals surface area contributed by atoms with E-state index in [0.717, 1.165) is 11.1 Å². The van der Waals surface area contributed by atoms with Crippen LogP contribution >= 0.6 is 11.6 Å². The van der Waals surface area contributed by atoms with Crippen molar-refractivity contribution in [3.05, 3.63) is 58.4 Å². The molecule has 0 aliphatic rings. The van der Waals surface area contributed by atoms with Crippen LogP contribution in [0.3, 0.4) is 0 Å². The van der Waals surface area contributed by atoms with Crippen LogP contribution in [0.15, 0.2) is 36.5 Å². The van der Waals surface area contributed by atoms with Crippen molar-refractivity contribution in [1.29, 1.82) is 0 Å². The van der Waals surface area contributed by atoms with E-state index < -0.39 is 18.0 Å². The highest BCUT2D eigenvalue weighted by Crippen LogP contribution is 2.18.